The highest BCUT2D eigenvalue weighted by Gasteiger charge is 2.34. The number of nitrogens with zero attached hydrogens (tertiary/aromatic N) is 1. The number of nitrogens with one attached hydrogen (secondary N) is 1. The van der Waals surface area contributed by atoms with E-state index in [0.29, 0.717) is 22.2 Å². The summed E-state index contributed by atoms with van der Waals surface area (Å²) in [7, 11) is 0. The Labute approximate surface area is 156 Å². The molecule has 1 amide bonds. The van der Waals surface area contributed by atoms with Crippen LogP contribution in [0.4, 0.5) is 5.13 Å². The second-order valence-corrected chi connectivity index (χ2v) is 9.25. The number of carbonyl (C=O) groups excluding carboxylic acids is 2. The van der Waals surface area contributed by atoms with Crippen molar-refractivity contribution in [3.05, 3.63) is 46.0 Å². The molecule has 132 valence electrons. The minimum Gasteiger partial charge on any atom is -0.301 e. The number of hydrogen-bond acceptors (Lipinski definition) is 5. The van der Waals surface area contributed by atoms with Crippen LogP contribution in [-0.2, 0) is 17.0 Å². The van der Waals surface area contributed by atoms with Gasteiger partial charge >= 0.3 is 0 Å². The first-order chi connectivity index (χ1) is 11.8. The Bertz CT molecular complexity index is 794. The molecule has 1 aromatic carbocycles. The number of benzene rings is 1. The van der Waals surface area contributed by atoms with E-state index in [2.05, 4.69) is 55.3 Å². The lowest BCUT2D eigenvalue weighted by atomic mass is 9.78. The maximum atomic E-state index is 12.2. The third kappa shape index (κ3) is 4.70. The first-order valence-electron chi connectivity index (χ1n) is 8.28. The summed E-state index contributed by atoms with van der Waals surface area (Å²) in [5.41, 5.74) is 3.22. The first-order valence-corrected chi connectivity index (χ1v) is 10.3. The lowest BCUT2D eigenvalue weighted by Gasteiger charge is -2.26. The zero-order chi connectivity index (χ0) is 18.0. The second kappa shape index (κ2) is 7.30. The van der Waals surface area contributed by atoms with Crippen molar-refractivity contribution >= 4 is 39.9 Å². The van der Waals surface area contributed by atoms with Gasteiger partial charge in [-0.15, -0.1) is 11.8 Å². The molecule has 0 saturated heterocycles. The SMILES string of the molecule is Cc1ccc(CSCC(=O)Nc2nc3c(s2)C(=O)CC(C)(C)C3)cc1. The van der Waals surface area contributed by atoms with Gasteiger partial charge in [-0.2, -0.15) is 0 Å². The molecule has 1 aromatic heterocycles. The summed E-state index contributed by atoms with van der Waals surface area (Å²) >= 11 is 2.87. The molecule has 1 aliphatic carbocycles. The van der Waals surface area contributed by atoms with Gasteiger partial charge in [0.1, 0.15) is 0 Å². The van der Waals surface area contributed by atoms with Gasteiger partial charge in [-0.3, -0.25) is 9.59 Å². The van der Waals surface area contributed by atoms with Gasteiger partial charge in [-0.05, 0) is 24.3 Å². The lowest BCUT2D eigenvalue weighted by molar-refractivity contribution is -0.113. The number of aryl methyl sites for hydroxylation is 1. The number of Topliss-reactive ketones (excluding diaryl/α,β-unsaturated/α-hetero) is 1. The average molecular weight is 375 g/mol. The van der Waals surface area contributed by atoms with Crippen molar-refractivity contribution in [2.24, 2.45) is 5.41 Å². The van der Waals surface area contributed by atoms with E-state index >= 15 is 0 Å². The van der Waals surface area contributed by atoms with Crippen molar-refractivity contribution in [2.75, 3.05) is 11.1 Å². The van der Waals surface area contributed by atoms with Gasteiger partial charge in [-0.1, -0.05) is 55.0 Å². The van der Waals surface area contributed by atoms with Gasteiger partial charge in [0.25, 0.3) is 0 Å². The second-order valence-electron chi connectivity index (χ2n) is 7.26. The Morgan fingerprint density at radius 2 is 2.00 bits per heavy atom. The molecule has 1 aliphatic rings. The van der Waals surface area contributed by atoms with E-state index < -0.39 is 0 Å². The number of hydrogen-bond donors (Lipinski definition) is 1. The molecule has 0 unspecified atom stereocenters. The van der Waals surface area contributed by atoms with Crippen LogP contribution in [0.1, 0.15) is 46.8 Å². The Balaban J connectivity index is 1.53. The van der Waals surface area contributed by atoms with Gasteiger partial charge in [-0.25, -0.2) is 4.98 Å². The number of ketones is 1. The Morgan fingerprint density at radius 1 is 1.28 bits per heavy atom. The molecule has 4 nitrogen and oxygen atoms in total. The van der Waals surface area contributed by atoms with Crippen molar-refractivity contribution in [1.82, 2.24) is 4.98 Å². The molecule has 6 heteroatoms. The number of thioether (sulfide) groups is 1. The van der Waals surface area contributed by atoms with Gasteiger partial charge in [0.2, 0.25) is 5.91 Å². The van der Waals surface area contributed by atoms with Crippen LogP contribution in [-0.4, -0.2) is 22.4 Å². The van der Waals surface area contributed by atoms with Crippen molar-refractivity contribution in [1.29, 1.82) is 0 Å². The number of carbonyl (C=O) groups is 2. The number of fused-ring (bicyclic) bond motifs is 1. The van der Waals surface area contributed by atoms with Crippen LogP contribution in [0.15, 0.2) is 24.3 Å². The summed E-state index contributed by atoms with van der Waals surface area (Å²) in [5.74, 6) is 1.24. The van der Waals surface area contributed by atoms with Crippen LogP contribution in [0.2, 0.25) is 0 Å². The lowest BCUT2D eigenvalue weighted by Crippen LogP contribution is -2.26. The highest BCUT2D eigenvalue weighted by Crippen LogP contribution is 2.38. The Morgan fingerprint density at radius 3 is 2.72 bits per heavy atom. The molecule has 0 saturated carbocycles. The summed E-state index contributed by atoms with van der Waals surface area (Å²) in [4.78, 5) is 29.5. The number of amides is 1. The molecular weight excluding hydrogens is 352 g/mol. The molecule has 0 spiro atoms. The predicted molar refractivity (Wildman–Crippen MR) is 105 cm³/mol. The van der Waals surface area contributed by atoms with Gasteiger partial charge in [0.05, 0.1) is 16.3 Å². The Kier molecular flexibility index (Phi) is 5.29. The molecule has 0 aliphatic heterocycles. The van der Waals surface area contributed by atoms with Crippen LogP contribution < -0.4 is 5.32 Å². The van der Waals surface area contributed by atoms with E-state index in [0.717, 1.165) is 17.9 Å². The van der Waals surface area contributed by atoms with E-state index in [4.69, 9.17) is 0 Å². The zero-order valence-corrected chi connectivity index (χ0v) is 16.4. The number of thiazole rings is 1. The van der Waals surface area contributed by atoms with Gasteiger partial charge < -0.3 is 5.32 Å². The van der Waals surface area contributed by atoms with Crippen molar-refractivity contribution in [3.63, 3.8) is 0 Å². The monoisotopic (exact) mass is 374 g/mol. The third-order valence-electron chi connectivity index (χ3n) is 4.10. The average Bonchev–Trinajstić information content (AvgIpc) is 2.90. The molecule has 25 heavy (non-hydrogen) atoms. The first kappa shape index (κ1) is 18.1. The fraction of sp³-hybridized carbons (Fsp3) is 0.421. The molecule has 3 rings (SSSR count). The van der Waals surface area contributed by atoms with E-state index in [1.54, 1.807) is 11.8 Å². The molecular formula is C19H22N2O2S2. The van der Waals surface area contributed by atoms with E-state index in [-0.39, 0.29) is 17.1 Å². The minimum absolute atomic E-state index is 0.0523. The maximum absolute atomic E-state index is 12.2. The van der Waals surface area contributed by atoms with Crippen LogP contribution in [0.3, 0.4) is 0 Å². The molecule has 2 aromatic rings. The normalized spacial score (nSPS) is 15.7. The summed E-state index contributed by atoms with van der Waals surface area (Å²) in [6.45, 7) is 6.21. The summed E-state index contributed by atoms with van der Waals surface area (Å²) in [5, 5.41) is 3.38. The van der Waals surface area contributed by atoms with Crippen LogP contribution >= 0.6 is 23.1 Å². The van der Waals surface area contributed by atoms with E-state index in [1.165, 1.54) is 22.5 Å². The van der Waals surface area contributed by atoms with Crippen molar-refractivity contribution in [2.45, 2.75) is 39.4 Å². The van der Waals surface area contributed by atoms with E-state index in [9.17, 15) is 9.59 Å². The third-order valence-corrected chi connectivity index (χ3v) is 6.16. The highest BCUT2D eigenvalue weighted by molar-refractivity contribution is 7.99. The molecule has 0 atom stereocenters. The molecule has 1 N–H and O–H groups in total. The fourth-order valence-corrected chi connectivity index (χ4v) is 4.60. The van der Waals surface area contributed by atoms with Crippen LogP contribution in [0.5, 0.6) is 0 Å². The van der Waals surface area contributed by atoms with Gasteiger partial charge in [0.15, 0.2) is 10.9 Å². The summed E-state index contributed by atoms with van der Waals surface area (Å²) in [6, 6.07) is 8.33. The topological polar surface area (TPSA) is 59.1 Å². The molecule has 0 radical (unpaired) electrons. The van der Waals surface area contributed by atoms with Crippen LogP contribution in [0.25, 0.3) is 0 Å². The minimum atomic E-state index is -0.0742. The van der Waals surface area contributed by atoms with Gasteiger partial charge in [0, 0.05) is 12.2 Å². The highest BCUT2D eigenvalue weighted by atomic mass is 32.2. The van der Waals surface area contributed by atoms with Crippen molar-refractivity contribution in [3.8, 4) is 0 Å². The zero-order valence-electron chi connectivity index (χ0n) is 14.7. The largest absolute Gasteiger partial charge is 0.301 e. The predicted octanol–water partition coefficient (Wildman–Crippen LogP) is 4.48. The number of aromatic nitrogens is 1. The molecule has 0 bridgehead atoms. The molecule has 1 heterocycles. The number of rotatable bonds is 5. The number of anilines is 1. The smallest absolute Gasteiger partial charge is 0.236 e. The standard InChI is InChI=1S/C19H22N2O2S2/c1-12-4-6-13(7-5-12)10-24-11-16(23)21-18-20-14-8-19(2,3)9-15(22)17(14)25-18/h4-7H,8-11H2,1-3H3,(H,20,21,23). The quantitative estimate of drug-likeness (QED) is 0.838. The summed E-state index contributed by atoms with van der Waals surface area (Å²) < 4.78 is 0. The van der Waals surface area contributed by atoms with E-state index in [1.807, 2.05) is 0 Å². The maximum Gasteiger partial charge on any atom is 0.236 e. The Hall–Kier alpha value is -1.66. The van der Waals surface area contributed by atoms with Crippen molar-refractivity contribution < 1.29 is 9.59 Å². The molecule has 0 fully saturated rings. The summed E-state index contributed by atoms with van der Waals surface area (Å²) in [6.07, 6.45) is 1.32. The van der Waals surface area contributed by atoms with Crippen LogP contribution in [0, 0.1) is 12.3 Å². The fourth-order valence-electron chi connectivity index (χ4n) is 2.87.